The van der Waals surface area contributed by atoms with E-state index in [4.69, 9.17) is 22.1 Å². The van der Waals surface area contributed by atoms with Crippen LogP contribution in [-0.2, 0) is 11.2 Å². The second kappa shape index (κ2) is 9.92. The predicted octanol–water partition coefficient (Wildman–Crippen LogP) is 2.48. The van der Waals surface area contributed by atoms with Crippen LogP contribution in [0.5, 0.6) is 5.75 Å². The molecule has 3 N–H and O–H groups in total. The molecule has 0 heterocycles. The number of rotatable bonds is 9. The minimum Gasteiger partial charge on any atom is -0.494 e. The molecule has 0 spiro atoms. The van der Waals surface area contributed by atoms with Crippen LogP contribution in [0.2, 0.25) is 5.02 Å². The first-order valence-corrected chi connectivity index (χ1v) is 8.79. The van der Waals surface area contributed by atoms with Gasteiger partial charge in [-0.2, -0.15) is 11.8 Å². The monoisotopic (exact) mass is 330 g/mol. The summed E-state index contributed by atoms with van der Waals surface area (Å²) < 4.78 is 5.55. The van der Waals surface area contributed by atoms with Crippen molar-refractivity contribution in [1.29, 1.82) is 0 Å². The van der Waals surface area contributed by atoms with Gasteiger partial charge in [0.2, 0.25) is 5.91 Å². The van der Waals surface area contributed by atoms with E-state index in [1.807, 2.05) is 25.3 Å². The molecular weight excluding hydrogens is 308 g/mol. The van der Waals surface area contributed by atoms with Gasteiger partial charge in [0.05, 0.1) is 12.6 Å². The van der Waals surface area contributed by atoms with E-state index in [2.05, 4.69) is 5.32 Å². The zero-order chi connectivity index (χ0) is 15.7. The van der Waals surface area contributed by atoms with Crippen LogP contribution >= 0.6 is 23.4 Å². The fourth-order valence-corrected chi connectivity index (χ4v) is 2.55. The van der Waals surface area contributed by atoms with E-state index in [1.54, 1.807) is 17.8 Å². The summed E-state index contributed by atoms with van der Waals surface area (Å²) in [5.41, 5.74) is 6.80. The minimum atomic E-state index is -0.442. The number of hydrogen-bond acceptors (Lipinski definition) is 4. The summed E-state index contributed by atoms with van der Waals surface area (Å²) in [6.07, 6.45) is 3.35. The van der Waals surface area contributed by atoms with Crippen LogP contribution in [0, 0.1) is 0 Å². The van der Waals surface area contributed by atoms with Gasteiger partial charge < -0.3 is 15.8 Å². The quantitative estimate of drug-likeness (QED) is 0.730. The lowest BCUT2D eigenvalue weighted by Crippen LogP contribution is -2.41. The van der Waals surface area contributed by atoms with Gasteiger partial charge >= 0.3 is 0 Å². The van der Waals surface area contributed by atoms with Crippen LogP contribution in [0.15, 0.2) is 18.2 Å². The van der Waals surface area contributed by atoms with Crippen molar-refractivity contribution in [1.82, 2.24) is 5.32 Å². The highest BCUT2D eigenvalue weighted by molar-refractivity contribution is 7.98. The number of hydrogen-bond donors (Lipinski definition) is 2. The van der Waals surface area contributed by atoms with Gasteiger partial charge in [-0.15, -0.1) is 0 Å². The lowest BCUT2D eigenvalue weighted by molar-refractivity contribution is -0.122. The average molecular weight is 331 g/mol. The van der Waals surface area contributed by atoms with E-state index in [0.29, 0.717) is 31.0 Å². The minimum absolute atomic E-state index is 0.107. The maximum absolute atomic E-state index is 11.8. The number of thioether (sulfide) groups is 1. The van der Waals surface area contributed by atoms with Crippen molar-refractivity contribution in [3.8, 4) is 5.75 Å². The summed E-state index contributed by atoms with van der Waals surface area (Å²) in [5, 5.41) is 3.52. The molecule has 1 aromatic rings. The number of benzene rings is 1. The molecule has 0 aliphatic rings. The van der Waals surface area contributed by atoms with Gasteiger partial charge in [0, 0.05) is 11.6 Å². The van der Waals surface area contributed by atoms with E-state index in [0.717, 1.165) is 17.1 Å². The van der Waals surface area contributed by atoms with E-state index < -0.39 is 6.04 Å². The van der Waals surface area contributed by atoms with Crippen LogP contribution in [-0.4, -0.2) is 37.1 Å². The highest BCUT2D eigenvalue weighted by Crippen LogP contribution is 2.23. The molecule has 1 rings (SSSR count). The maximum Gasteiger partial charge on any atom is 0.236 e. The molecule has 1 amide bonds. The molecule has 0 fully saturated rings. The summed E-state index contributed by atoms with van der Waals surface area (Å²) in [7, 11) is 0. The first-order valence-electron chi connectivity index (χ1n) is 7.02. The number of amides is 1. The summed E-state index contributed by atoms with van der Waals surface area (Å²) in [6.45, 7) is 3.05. The van der Waals surface area contributed by atoms with Crippen LogP contribution in [0.4, 0.5) is 0 Å². The molecule has 118 valence electrons. The van der Waals surface area contributed by atoms with Crippen LogP contribution in [0.1, 0.15) is 18.9 Å². The Balaban J connectivity index is 2.48. The molecule has 0 bridgehead atoms. The Hall–Kier alpha value is -0.910. The average Bonchev–Trinajstić information content (AvgIpc) is 2.47. The van der Waals surface area contributed by atoms with Gasteiger partial charge in [0.25, 0.3) is 0 Å². The van der Waals surface area contributed by atoms with Gasteiger partial charge in [0.15, 0.2) is 0 Å². The van der Waals surface area contributed by atoms with Gasteiger partial charge in [-0.3, -0.25) is 4.79 Å². The van der Waals surface area contributed by atoms with Crippen molar-refractivity contribution < 1.29 is 9.53 Å². The molecule has 21 heavy (non-hydrogen) atoms. The third kappa shape index (κ3) is 6.59. The molecule has 0 aliphatic heterocycles. The number of carbonyl (C=O) groups is 1. The lowest BCUT2D eigenvalue weighted by atomic mass is 10.1. The predicted molar refractivity (Wildman–Crippen MR) is 90.3 cm³/mol. The van der Waals surface area contributed by atoms with Gasteiger partial charge in [-0.1, -0.05) is 11.6 Å². The lowest BCUT2D eigenvalue weighted by Gasteiger charge is -2.13. The van der Waals surface area contributed by atoms with Crippen molar-refractivity contribution in [3.63, 3.8) is 0 Å². The van der Waals surface area contributed by atoms with Crippen molar-refractivity contribution in [3.05, 3.63) is 28.8 Å². The molecule has 6 heteroatoms. The van der Waals surface area contributed by atoms with Crippen molar-refractivity contribution in [2.75, 3.05) is 25.2 Å². The SMILES string of the molecule is CCOc1ccc(Cl)cc1CCNC(=O)C(N)CCSC. The topological polar surface area (TPSA) is 64.3 Å². The first kappa shape index (κ1) is 18.1. The van der Waals surface area contributed by atoms with Gasteiger partial charge in [-0.25, -0.2) is 0 Å². The molecule has 1 atom stereocenters. The number of carbonyl (C=O) groups excluding carboxylic acids is 1. The number of nitrogens with one attached hydrogen (secondary N) is 1. The summed E-state index contributed by atoms with van der Waals surface area (Å²) in [5.74, 6) is 1.59. The largest absolute Gasteiger partial charge is 0.494 e. The Morgan fingerprint density at radius 1 is 1.52 bits per heavy atom. The Morgan fingerprint density at radius 2 is 2.29 bits per heavy atom. The van der Waals surface area contributed by atoms with Crippen LogP contribution in [0.25, 0.3) is 0 Å². The zero-order valence-corrected chi connectivity index (χ0v) is 14.1. The number of ether oxygens (including phenoxy) is 1. The third-order valence-corrected chi connectivity index (χ3v) is 3.86. The standard InChI is InChI=1S/C15H23ClN2O2S/c1-3-20-14-5-4-12(16)10-11(14)6-8-18-15(19)13(17)7-9-21-2/h4-5,10,13H,3,6-9,17H2,1-2H3,(H,18,19). The van der Waals surface area contributed by atoms with E-state index in [1.165, 1.54) is 0 Å². The van der Waals surface area contributed by atoms with E-state index in [-0.39, 0.29) is 5.91 Å². The van der Waals surface area contributed by atoms with Crippen molar-refractivity contribution in [2.45, 2.75) is 25.8 Å². The molecule has 0 saturated heterocycles. The third-order valence-electron chi connectivity index (χ3n) is 2.99. The Bertz CT molecular complexity index is 457. The van der Waals surface area contributed by atoms with E-state index >= 15 is 0 Å². The smallest absolute Gasteiger partial charge is 0.236 e. The molecule has 0 aromatic heterocycles. The molecule has 0 aliphatic carbocycles. The first-order chi connectivity index (χ1) is 10.1. The molecule has 0 radical (unpaired) electrons. The van der Waals surface area contributed by atoms with Gasteiger partial charge in [0.1, 0.15) is 5.75 Å². The normalized spacial score (nSPS) is 12.0. The van der Waals surface area contributed by atoms with Crippen molar-refractivity contribution >= 4 is 29.3 Å². The van der Waals surface area contributed by atoms with Crippen molar-refractivity contribution in [2.24, 2.45) is 5.73 Å². The van der Waals surface area contributed by atoms with E-state index in [9.17, 15) is 4.79 Å². The van der Waals surface area contributed by atoms with Crippen LogP contribution in [0.3, 0.4) is 0 Å². The molecule has 4 nitrogen and oxygen atoms in total. The second-order valence-electron chi connectivity index (χ2n) is 4.61. The summed E-state index contributed by atoms with van der Waals surface area (Å²) in [6, 6.07) is 5.08. The molecule has 1 aromatic carbocycles. The molecular formula is C15H23ClN2O2S. The zero-order valence-electron chi connectivity index (χ0n) is 12.5. The Morgan fingerprint density at radius 3 is 2.95 bits per heavy atom. The maximum atomic E-state index is 11.8. The Kier molecular flexibility index (Phi) is 8.57. The molecule has 1 unspecified atom stereocenters. The highest BCUT2D eigenvalue weighted by atomic mass is 35.5. The highest BCUT2D eigenvalue weighted by Gasteiger charge is 2.12. The number of nitrogens with two attached hydrogens (primary N) is 1. The molecule has 0 saturated carbocycles. The summed E-state index contributed by atoms with van der Waals surface area (Å²) >= 11 is 7.69. The van der Waals surface area contributed by atoms with Gasteiger partial charge in [-0.05, 0) is 55.5 Å². The van der Waals surface area contributed by atoms with Crippen LogP contribution < -0.4 is 15.8 Å². The number of halogens is 1. The Labute approximate surface area is 135 Å². The summed E-state index contributed by atoms with van der Waals surface area (Å²) in [4.78, 5) is 11.8. The fourth-order valence-electron chi connectivity index (χ4n) is 1.87. The fraction of sp³-hybridized carbons (Fsp3) is 0.533. The second-order valence-corrected chi connectivity index (χ2v) is 6.04.